The van der Waals surface area contributed by atoms with Gasteiger partial charge in [-0.1, -0.05) is 96.0 Å². The van der Waals surface area contributed by atoms with E-state index in [4.69, 9.17) is 23.2 Å². The van der Waals surface area contributed by atoms with Crippen molar-refractivity contribution in [2.45, 2.75) is 26.4 Å². The van der Waals surface area contributed by atoms with Crippen molar-refractivity contribution in [3.63, 3.8) is 0 Å². The van der Waals surface area contributed by atoms with Crippen LogP contribution in [0.25, 0.3) is 0 Å². The minimum atomic E-state index is -1.51. The van der Waals surface area contributed by atoms with E-state index in [0.29, 0.717) is 6.42 Å². The summed E-state index contributed by atoms with van der Waals surface area (Å²) in [5, 5.41) is 0.109. The van der Waals surface area contributed by atoms with E-state index in [1.165, 1.54) is 5.56 Å². The second-order valence-electron chi connectivity index (χ2n) is 7.13. The van der Waals surface area contributed by atoms with E-state index >= 15 is 0 Å². The number of fused-ring (bicyclic) bond motifs is 3. The Labute approximate surface area is 178 Å². The lowest BCUT2D eigenvalue weighted by Crippen LogP contribution is -2.76. The number of thioether (sulfide) groups is 1. The van der Waals surface area contributed by atoms with Crippen LogP contribution in [0, 0.1) is 0 Å². The molecular weight excluding hydrogens is 409 g/mol. The second kappa shape index (κ2) is 6.55. The molecule has 2 atom stereocenters. The largest absolute Gasteiger partial charge is 0.295 e. The fourth-order valence-corrected chi connectivity index (χ4v) is 6.39. The lowest BCUT2D eigenvalue weighted by Gasteiger charge is -2.59. The molecule has 2 aliphatic heterocycles. The number of anilines is 1. The van der Waals surface area contributed by atoms with Crippen LogP contribution in [0.3, 0.4) is 0 Å². The van der Waals surface area contributed by atoms with Crippen LogP contribution in [0.5, 0.6) is 0 Å². The number of hydrogen-bond acceptors (Lipinski definition) is 2. The maximum absolute atomic E-state index is 13.1. The lowest BCUT2D eigenvalue weighted by atomic mass is 9.72. The molecule has 2 aliphatic rings. The number of para-hydroxylation sites is 1. The van der Waals surface area contributed by atoms with Crippen LogP contribution in [0.1, 0.15) is 22.8 Å². The molecule has 0 aromatic heterocycles. The number of β-lactam (4-membered cyclic amide) rings is 1. The zero-order valence-corrected chi connectivity index (χ0v) is 17.2. The van der Waals surface area contributed by atoms with Gasteiger partial charge in [0.1, 0.15) is 5.54 Å². The van der Waals surface area contributed by atoms with Crippen molar-refractivity contribution in [1.29, 1.82) is 0 Å². The summed E-state index contributed by atoms with van der Waals surface area (Å²) < 4.78 is -1.51. The normalized spacial score (nSPS) is 25.3. The number of benzene rings is 3. The van der Waals surface area contributed by atoms with Gasteiger partial charge in [-0.2, -0.15) is 0 Å². The van der Waals surface area contributed by atoms with Gasteiger partial charge >= 0.3 is 0 Å². The number of amides is 1. The van der Waals surface area contributed by atoms with Crippen molar-refractivity contribution in [3.8, 4) is 0 Å². The fraction of sp³-hybridized carbons (Fsp3) is 0.174. The van der Waals surface area contributed by atoms with Crippen LogP contribution in [0.4, 0.5) is 5.69 Å². The number of alkyl halides is 2. The number of halogens is 2. The van der Waals surface area contributed by atoms with Crippen molar-refractivity contribution in [3.05, 3.63) is 96.1 Å². The molecule has 0 unspecified atom stereocenters. The summed E-state index contributed by atoms with van der Waals surface area (Å²) >= 11 is 15.3. The Morgan fingerprint density at radius 2 is 1.46 bits per heavy atom. The summed E-state index contributed by atoms with van der Waals surface area (Å²) in [6, 6.07) is 28.3. The Morgan fingerprint density at radius 1 is 0.857 bits per heavy atom. The van der Waals surface area contributed by atoms with Gasteiger partial charge in [0.2, 0.25) is 4.33 Å². The molecule has 5 heteroatoms. The molecule has 2 heterocycles. The topological polar surface area (TPSA) is 20.3 Å². The summed E-state index contributed by atoms with van der Waals surface area (Å²) in [6.45, 7) is 0. The smallest absolute Gasteiger partial charge is 0.267 e. The van der Waals surface area contributed by atoms with Crippen LogP contribution in [0.2, 0.25) is 0 Å². The zero-order chi connectivity index (χ0) is 19.4. The third-order valence-corrected chi connectivity index (χ3v) is 7.92. The summed E-state index contributed by atoms with van der Waals surface area (Å²) in [5.74, 6) is -0.263. The van der Waals surface area contributed by atoms with Gasteiger partial charge in [0.05, 0.1) is 5.69 Å². The number of carbonyl (C=O) groups is 1. The second-order valence-corrected chi connectivity index (χ2v) is 9.70. The summed E-state index contributed by atoms with van der Waals surface area (Å²) in [5.41, 5.74) is 2.20. The van der Waals surface area contributed by atoms with Gasteiger partial charge in [-0.25, -0.2) is 0 Å². The van der Waals surface area contributed by atoms with E-state index in [1.54, 1.807) is 11.8 Å². The Morgan fingerprint density at radius 3 is 2.18 bits per heavy atom. The highest BCUT2D eigenvalue weighted by atomic mass is 35.5. The standard InChI is InChI=1S/C23H17Cl2NOS/c24-23(25)21(27)26-18-13-7-8-14-19(18)28-20(16-9-3-1-4-10-16)15-22(23,26)17-11-5-2-6-12-17/h1-14,20H,15H2/t20-,22-/m1/s1. The van der Waals surface area contributed by atoms with Crippen molar-refractivity contribution in [1.82, 2.24) is 0 Å². The van der Waals surface area contributed by atoms with Crippen molar-refractivity contribution in [2.24, 2.45) is 0 Å². The molecule has 3 aromatic carbocycles. The van der Waals surface area contributed by atoms with E-state index in [2.05, 4.69) is 18.2 Å². The fourth-order valence-electron chi connectivity index (χ4n) is 4.31. The summed E-state index contributed by atoms with van der Waals surface area (Å²) in [7, 11) is 0. The third kappa shape index (κ3) is 2.40. The summed E-state index contributed by atoms with van der Waals surface area (Å²) in [6.07, 6.45) is 0.624. The molecule has 3 aromatic rings. The Bertz CT molecular complexity index is 1040. The van der Waals surface area contributed by atoms with E-state index in [0.717, 1.165) is 16.1 Å². The first-order chi connectivity index (χ1) is 13.6. The Kier molecular flexibility index (Phi) is 4.24. The number of carbonyl (C=O) groups excluding carboxylic acids is 1. The molecule has 1 fully saturated rings. The van der Waals surface area contributed by atoms with E-state index in [-0.39, 0.29) is 11.2 Å². The molecule has 0 bridgehead atoms. The van der Waals surface area contributed by atoms with Crippen molar-refractivity contribution in [2.75, 3.05) is 4.90 Å². The van der Waals surface area contributed by atoms with Crippen LogP contribution in [-0.4, -0.2) is 10.2 Å². The average Bonchev–Trinajstić information content (AvgIpc) is 2.89. The molecule has 28 heavy (non-hydrogen) atoms. The SMILES string of the molecule is O=C1N2c3ccccc3S[C@@H](c3ccccc3)C[C@@]2(c2ccccc2)C1(Cl)Cl. The molecule has 0 spiro atoms. The van der Waals surface area contributed by atoms with Crippen molar-refractivity contribution >= 4 is 46.6 Å². The van der Waals surface area contributed by atoms with Gasteiger partial charge in [-0.3, -0.25) is 9.69 Å². The van der Waals surface area contributed by atoms with Crippen molar-refractivity contribution < 1.29 is 4.79 Å². The predicted octanol–water partition coefficient (Wildman–Crippen LogP) is 6.34. The minimum Gasteiger partial charge on any atom is -0.295 e. The molecule has 1 amide bonds. The Balaban J connectivity index is 1.77. The maximum Gasteiger partial charge on any atom is 0.267 e. The average molecular weight is 426 g/mol. The number of hydrogen-bond donors (Lipinski definition) is 0. The maximum atomic E-state index is 13.1. The predicted molar refractivity (Wildman–Crippen MR) is 116 cm³/mol. The van der Waals surface area contributed by atoms with E-state index in [9.17, 15) is 4.79 Å². The molecule has 2 nitrogen and oxygen atoms in total. The van der Waals surface area contributed by atoms with Gasteiger partial charge in [-0.15, -0.1) is 11.8 Å². The van der Waals surface area contributed by atoms with Gasteiger partial charge in [0.25, 0.3) is 5.91 Å². The molecule has 0 N–H and O–H groups in total. The van der Waals surface area contributed by atoms with Crippen LogP contribution in [0.15, 0.2) is 89.8 Å². The summed E-state index contributed by atoms with van der Waals surface area (Å²) in [4.78, 5) is 16.0. The first kappa shape index (κ1) is 18.1. The molecule has 5 rings (SSSR count). The van der Waals surface area contributed by atoms with Gasteiger partial charge in [0, 0.05) is 10.1 Å². The highest BCUT2D eigenvalue weighted by Gasteiger charge is 2.72. The lowest BCUT2D eigenvalue weighted by molar-refractivity contribution is -0.129. The highest BCUT2D eigenvalue weighted by Crippen LogP contribution is 2.65. The highest BCUT2D eigenvalue weighted by molar-refractivity contribution is 7.99. The third-order valence-electron chi connectivity index (χ3n) is 5.65. The van der Waals surface area contributed by atoms with E-state index in [1.807, 2.05) is 71.6 Å². The molecular formula is C23H17Cl2NOS. The molecule has 140 valence electrons. The quantitative estimate of drug-likeness (QED) is 0.352. The van der Waals surface area contributed by atoms with E-state index < -0.39 is 9.87 Å². The van der Waals surface area contributed by atoms with Gasteiger partial charge in [0.15, 0.2) is 0 Å². The molecule has 1 saturated heterocycles. The minimum absolute atomic E-state index is 0.109. The molecule has 0 aliphatic carbocycles. The first-order valence-electron chi connectivity index (χ1n) is 9.14. The number of nitrogens with zero attached hydrogens (tertiary/aromatic N) is 1. The van der Waals surface area contributed by atoms with Crippen LogP contribution < -0.4 is 4.90 Å². The Hall–Kier alpha value is -1.94. The van der Waals surface area contributed by atoms with Crippen LogP contribution in [-0.2, 0) is 10.3 Å². The number of rotatable bonds is 2. The monoisotopic (exact) mass is 425 g/mol. The molecule has 0 radical (unpaired) electrons. The first-order valence-corrected chi connectivity index (χ1v) is 10.8. The van der Waals surface area contributed by atoms with Gasteiger partial charge < -0.3 is 0 Å². The van der Waals surface area contributed by atoms with Gasteiger partial charge in [-0.05, 0) is 29.7 Å². The molecule has 0 saturated carbocycles. The zero-order valence-electron chi connectivity index (χ0n) is 14.9. The van der Waals surface area contributed by atoms with Crippen LogP contribution >= 0.6 is 35.0 Å².